The Morgan fingerprint density at radius 1 is 1.00 bits per heavy atom. The molecule has 0 saturated heterocycles. The zero-order valence-corrected chi connectivity index (χ0v) is 11.6. The molecule has 0 bridgehead atoms. The van der Waals surface area contributed by atoms with Crippen molar-refractivity contribution in [1.29, 1.82) is 0 Å². The van der Waals surface area contributed by atoms with Crippen LogP contribution < -0.4 is 0 Å². The molecule has 0 aliphatic heterocycles. The maximum absolute atomic E-state index is 6.09. The summed E-state index contributed by atoms with van der Waals surface area (Å²) in [5, 5.41) is 0. The van der Waals surface area contributed by atoms with Crippen LogP contribution in [0.25, 0.3) is 5.57 Å². The van der Waals surface area contributed by atoms with E-state index in [-0.39, 0.29) is 5.92 Å². The zero-order valence-electron chi connectivity index (χ0n) is 10.8. The second-order valence-corrected chi connectivity index (χ2v) is 4.63. The Bertz CT molecular complexity index is 540. The molecule has 96 valence electrons. The average molecular weight is 269 g/mol. The van der Waals surface area contributed by atoms with Gasteiger partial charge < -0.3 is 0 Å². The first-order valence-electron chi connectivity index (χ1n) is 6.34. The Balaban J connectivity index is 2.33. The monoisotopic (exact) mass is 268 g/mol. The van der Waals surface area contributed by atoms with E-state index < -0.39 is 0 Å². The number of hydrogen-bond donors (Lipinski definition) is 0. The largest absolute Gasteiger partial charge is 0.122 e. The summed E-state index contributed by atoms with van der Waals surface area (Å²) in [5.41, 5.74) is 3.53. The zero-order chi connectivity index (χ0) is 13.5. The van der Waals surface area contributed by atoms with Crippen molar-refractivity contribution in [2.24, 2.45) is 0 Å². The minimum absolute atomic E-state index is 0.190. The Hall–Kier alpha value is -1.79. The Kier molecular flexibility index (Phi) is 5.00. The van der Waals surface area contributed by atoms with Crippen LogP contribution in [-0.2, 0) is 0 Å². The second-order valence-electron chi connectivity index (χ2n) is 4.36. The molecule has 0 aliphatic carbocycles. The summed E-state index contributed by atoms with van der Waals surface area (Å²) < 4.78 is 0. The summed E-state index contributed by atoms with van der Waals surface area (Å²) in [5.74, 6) is 0.691. The molecular weight excluding hydrogens is 252 g/mol. The summed E-state index contributed by atoms with van der Waals surface area (Å²) in [6.07, 6.45) is 4.13. The third-order valence-electron chi connectivity index (χ3n) is 3.11. The van der Waals surface area contributed by atoms with E-state index in [4.69, 9.17) is 11.6 Å². The van der Waals surface area contributed by atoms with Crippen LogP contribution in [0.3, 0.4) is 0 Å². The van der Waals surface area contributed by atoms with Gasteiger partial charge in [0.25, 0.3) is 0 Å². The van der Waals surface area contributed by atoms with Crippen LogP contribution in [0.1, 0.15) is 17.0 Å². The van der Waals surface area contributed by atoms with E-state index in [0.717, 1.165) is 5.57 Å². The van der Waals surface area contributed by atoms with Gasteiger partial charge in [0.2, 0.25) is 0 Å². The number of benzene rings is 2. The van der Waals surface area contributed by atoms with Crippen molar-refractivity contribution in [3.05, 3.63) is 90.5 Å². The summed E-state index contributed by atoms with van der Waals surface area (Å²) in [6.45, 7) is 3.93. The standard InChI is InChI=1S/C18H17Cl/c1-2-15(16-9-5-3-6-10-16)13-18(14-19)17-11-7-4-8-12-17/h2-13,15H,1,14H2. The number of rotatable bonds is 5. The van der Waals surface area contributed by atoms with E-state index in [1.807, 2.05) is 42.5 Å². The highest BCUT2D eigenvalue weighted by atomic mass is 35.5. The van der Waals surface area contributed by atoms with Gasteiger partial charge in [0.05, 0.1) is 0 Å². The lowest BCUT2D eigenvalue weighted by molar-refractivity contribution is 1.09. The lowest BCUT2D eigenvalue weighted by Crippen LogP contribution is -1.94. The van der Waals surface area contributed by atoms with Crippen molar-refractivity contribution in [1.82, 2.24) is 0 Å². The fourth-order valence-corrected chi connectivity index (χ4v) is 2.31. The van der Waals surface area contributed by atoms with Gasteiger partial charge in [-0.1, -0.05) is 72.8 Å². The van der Waals surface area contributed by atoms with Crippen molar-refractivity contribution in [3.63, 3.8) is 0 Å². The SMILES string of the molecule is C=CC(C=C(CCl)c1ccccc1)c1ccccc1. The molecule has 1 atom stereocenters. The van der Waals surface area contributed by atoms with Crippen LogP contribution in [-0.4, -0.2) is 5.88 Å². The molecule has 2 aromatic carbocycles. The van der Waals surface area contributed by atoms with Crippen molar-refractivity contribution in [2.75, 3.05) is 5.88 Å². The number of alkyl halides is 1. The smallest absolute Gasteiger partial charge is 0.0477 e. The van der Waals surface area contributed by atoms with E-state index in [1.165, 1.54) is 11.1 Å². The molecule has 0 spiro atoms. The molecule has 2 aromatic rings. The van der Waals surface area contributed by atoms with Crippen LogP contribution in [0.2, 0.25) is 0 Å². The molecule has 0 heterocycles. The minimum Gasteiger partial charge on any atom is -0.122 e. The number of allylic oxidation sites excluding steroid dienone is 3. The predicted molar refractivity (Wildman–Crippen MR) is 84.5 cm³/mol. The molecular formula is C18H17Cl. The van der Waals surface area contributed by atoms with Crippen LogP contribution >= 0.6 is 11.6 Å². The quantitative estimate of drug-likeness (QED) is 0.511. The average Bonchev–Trinajstić information content (AvgIpc) is 2.50. The van der Waals surface area contributed by atoms with Crippen molar-refractivity contribution >= 4 is 17.2 Å². The van der Waals surface area contributed by atoms with Gasteiger partial charge in [0, 0.05) is 11.8 Å². The van der Waals surface area contributed by atoms with E-state index >= 15 is 0 Å². The molecule has 2 rings (SSSR count). The molecule has 19 heavy (non-hydrogen) atoms. The molecule has 0 nitrogen and oxygen atoms in total. The van der Waals surface area contributed by atoms with Crippen LogP contribution in [0, 0.1) is 0 Å². The number of halogens is 1. The normalized spacial score (nSPS) is 13.0. The van der Waals surface area contributed by atoms with Crippen molar-refractivity contribution < 1.29 is 0 Å². The van der Waals surface area contributed by atoms with Gasteiger partial charge in [-0.15, -0.1) is 18.2 Å². The van der Waals surface area contributed by atoms with E-state index in [1.54, 1.807) is 0 Å². The van der Waals surface area contributed by atoms with E-state index in [0.29, 0.717) is 5.88 Å². The van der Waals surface area contributed by atoms with Gasteiger partial charge in [0.15, 0.2) is 0 Å². The summed E-state index contributed by atoms with van der Waals surface area (Å²) in [6, 6.07) is 20.6. The summed E-state index contributed by atoms with van der Waals surface area (Å²) in [4.78, 5) is 0. The second kappa shape index (κ2) is 6.96. The predicted octanol–water partition coefficient (Wildman–Crippen LogP) is 5.28. The van der Waals surface area contributed by atoms with Gasteiger partial charge in [-0.3, -0.25) is 0 Å². The first kappa shape index (κ1) is 13.6. The van der Waals surface area contributed by atoms with Gasteiger partial charge in [-0.05, 0) is 16.7 Å². The van der Waals surface area contributed by atoms with Gasteiger partial charge >= 0.3 is 0 Å². The molecule has 0 fully saturated rings. The highest BCUT2D eigenvalue weighted by Crippen LogP contribution is 2.24. The van der Waals surface area contributed by atoms with Gasteiger partial charge in [-0.2, -0.15) is 0 Å². The molecule has 0 radical (unpaired) electrons. The van der Waals surface area contributed by atoms with Crippen LogP contribution in [0.15, 0.2) is 79.4 Å². The van der Waals surface area contributed by atoms with E-state index in [9.17, 15) is 0 Å². The fraction of sp³-hybridized carbons (Fsp3) is 0.111. The first-order valence-corrected chi connectivity index (χ1v) is 6.88. The molecule has 1 unspecified atom stereocenters. The number of hydrogen-bond acceptors (Lipinski definition) is 0. The first-order chi connectivity index (χ1) is 9.35. The highest BCUT2D eigenvalue weighted by Gasteiger charge is 2.07. The third kappa shape index (κ3) is 3.59. The lowest BCUT2D eigenvalue weighted by atomic mass is 9.95. The fourth-order valence-electron chi connectivity index (χ4n) is 2.06. The van der Waals surface area contributed by atoms with Gasteiger partial charge in [0.1, 0.15) is 0 Å². The molecule has 0 amide bonds. The molecule has 0 aliphatic rings. The Morgan fingerprint density at radius 3 is 2.11 bits per heavy atom. The molecule has 0 N–H and O–H groups in total. The van der Waals surface area contributed by atoms with E-state index in [2.05, 4.69) is 36.9 Å². The van der Waals surface area contributed by atoms with Crippen molar-refractivity contribution in [2.45, 2.75) is 5.92 Å². The topological polar surface area (TPSA) is 0 Å². The third-order valence-corrected chi connectivity index (χ3v) is 3.40. The summed E-state index contributed by atoms with van der Waals surface area (Å²) in [7, 11) is 0. The molecule has 0 saturated carbocycles. The highest BCUT2D eigenvalue weighted by molar-refractivity contribution is 6.23. The Labute approximate surface area is 120 Å². The van der Waals surface area contributed by atoms with Crippen molar-refractivity contribution in [3.8, 4) is 0 Å². The van der Waals surface area contributed by atoms with Crippen LogP contribution in [0.5, 0.6) is 0 Å². The lowest BCUT2D eigenvalue weighted by Gasteiger charge is -2.11. The van der Waals surface area contributed by atoms with Crippen LogP contribution in [0.4, 0.5) is 0 Å². The maximum Gasteiger partial charge on any atom is 0.0477 e. The minimum atomic E-state index is 0.190. The summed E-state index contributed by atoms with van der Waals surface area (Å²) >= 11 is 6.09. The Morgan fingerprint density at radius 2 is 1.58 bits per heavy atom. The molecule has 0 aromatic heterocycles. The maximum atomic E-state index is 6.09. The van der Waals surface area contributed by atoms with Gasteiger partial charge in [-0.25, -0.2) is 0 Å². The molecule has 1 heteroatoms.